The fourth-order valence-corrected chi connectivity index (χ4v) is 3.82. The summed E-state index contributed by atoms with van der Waals surface area (Å²) in [7, 11) is 0. The monoisotopic (exact) mass is 410 g/mol. The lowest BCUT2D eigenvalue weighted by atomic mass is 9.91. The first-order valence-corrected chi connectivity index (χ1v) is 9.89. The van der Waals surface area contributed by atoms with Crippen LogP contribution >= 0.6 is 12.4 Å². The van der Waals surface area contributed by atoms with E-state index in [1.54, 1.807) is 4.68 Å². The summed E-state index contributed by atoms with van der Waals surface area (Å²) in [5.74, 6) is -0.0686. The first kappa shape index (κ1) is 21.1. The summed E-state index contributed by atoms with van der Waals surface area (Å²) >= 11 is 0. The largest absolute Gasteiger partial charge is 0.349 e. The minimum absolute atomic E-state index is 0. The molecule has 1 aliphatic carbocycles. The van der Waals surface area contributed by atoms with E-state index >= 15 is 0 Å². The van der Waals surface area contributed by atoms with Gasteiger partial charge in [0.25, 0.3) is 5.91 Å². The van der Waals surface area contributed by atoms with Crippen LogP contribution in [-0.2, 0) is 0 Å². The average Bonchev–Trinajstić information content (AvgIpc) is 3.16. The Hall–Kier alpha value is -2.63. The third kappa shape index (κ3) is 4.69. The molecule has 0 radical (unpaired) electrons. The Labute approximate surface area is 177 Å². The molecule has 3 aromatic rings. The Bertz CT molecular complexity index is 962. The van der Waals surface area contributed by atoms with Crippen LogP contribution in [0.5, 0.6) is 0 Å². The molecule has 4 rings (SSSR count). The summed E-state index contributed by atoms with van der Waals surface area (Å²) in [6.07, 6.45) is 5.61. The van der Waals surface area contributed by atoms with E-state index in [1.807, 2.05) is 67.7 Å². The molecule has 1 aliphatic rings. The van der Waals surface area contributed by atoms with Gasteiger partial charge in [-0.1, -0.05) is 42.5 Å². The van der Waals surface area contributed by atoms with Crippen molar-refractivity contribution >= 4 is 18.3 Å². The number of carbonyl (C=O) groups excluding carboxylic acids is 1. The van der Waals surface area contributed by atoms with Gasteiger partial charge in [0.15, 0.2) is 0 Å². The molecule has 1 amide bonds. The van der Waals surface area contributed by atoms with Gasteiger partial charge in [0.2, 0.25) is 0 Å². The third-order valence-corrected chi connectivity index (χ3v) is 5.49. The predicted molar refractivity (Wildman–Crippen MR) is 119 cm³/mol. The van der Waals surface area contributed by atoms with Gasteiger partial charge in [-0.05, 0) is 50.3 Å². The molecule has 0 aliphatic heterocycles. The minimum Gasteiger partial charge on any atom is -0.349 e. The number of amides is 1. The van der Waals surface area contributed by atoms with E-state index in [-0.39, 0.29) is 30.4 Å². The van der Waals surface area contributed by atoms with Crippen LogP contribution in [0.2, 0.25) is 0 Å². The summed E-state index contributed by atoms with van der Waals surface area (Å²) in [5.41, 5.74) is 10.3. The van der Waals surface area contributed by atoms with Crippen LogP contribution in [0, 0.1) is 6.92 Å². The van der Waals surface area contributed by atoms with Crippen LogP contribution in [0.15, 0.2) is 60.8 Å². The van der Waals surface area contributed by atoms with E-state index in [0.717, 1.165) is 42.5 Å². The van der Waals surface area contributed by atoms with E-state index in [0.29, 0.717) is 11.3 Å². The van der Waals surface area contributed by atoms with Crippen molar-refractivity contribution in [3.05, 3.63) is 71.9 Å². The van der Waals surface area contributed by atoms with Gasteiger partial charge in [0, 0.05) is 23.8 Å². The fraction of sp³-hybridized carbons (Fsp3) is 0.304. The predicted octanol–water partition coefficient (Wildman–Crippen LogP) is 4.27. The van der Waals surface area contributed by atoms with Crippen LogP contribution in [0.4, 0.5) is 0 Å². The van der Waals surface area contributed by atoms with Crippen LogP contribution in [-0.4, -0.2) is 27.8 Å². The number of halogens is 1. The number of hydrogen-bond donors (Lipinski definition) is 2. The molecule has 0 spiro atoms. The molecule has 5 nitrogen and oxygen atoms in total. The van der Waals surface area contributed by atoms with E-state index in [4.69, 9.17) is 10.8 Å². The molecule has 3 N–H and O–H groups in total. The molecule has 29 heavy (non-hydrogen) atoms. The minimum atomic E-state index is -0.0686. The number of nitrogens with one attached hydrogen (secondary N) is 1. The second-order valence-electron chi connectivity index (χ2n) is 7.57. The number of benzene rings is 2. The lowest BCUT2D eigenvalue weighted by molar-refractivity contribution is 0.0926. The maximum absolute atomic E-state index is 13.1. The van der Waals surface area contributed by atoms with Crippen molar-refractivity contribution in [2.45, 2.75) is 44.7 Å². The Balaban J connectivity index is 0.00000240. The molecule has 0 saturated heterocycles. The van der Waals surface area contributed by atoms with Gasteiger partial charge in [0.1, 0.15) is 5.69 Å². The molecule has 1 heterocycles. The van der Waals surface area contributed by atoms with E-state index < -0.39 is 0 Å². The maximum Gasteiger partial charge on any atom is 0.255 e. The Morgan fingerprint density at radius 1 is 1.03 bits per heavy atom. The van der Waals surface area contributed by atoms with Gasteiger partial charge < -0.3 is 11.1 Å². The molecule has 0 atom stereocenters. The quantitative estimate of drug-likeness (QED) is 0.674. The number of carbonyl (C=O) groups is 1. The number of aryl methyl sites for hydroxylation is 1. The van der Waals surface area contributed by atoms with E-state index in [9.17, 15) is 4.79 Å². The van der Waals surface area contributed by atoms with Crippen molar-refractivity contribution in [3.8, 4) is 16.9 Å². The fourth-order valence-electron chi connectivity index (χ4n) is 3.82. The number of para-hydroxylation sites is 1. The first-order chi connectivity index (χ1) is 13.6. The molecule has 0 bridgehead atoms. The van der Waals surface area contributed by atoms with Crippen LogP contribution in [0.3, 0.4) is 0 Å². The van der Waals surface area contributed by atoms with Gasteiger partial charge in [-0.15, -0.1) is 12.4 Å². The van der Waals surface area contributed by atoms with Gasteiger partial charge in [-0.25, -0.2) is 4.68 Å². The highest BCUT2D eigenvalue weighted by atomic mass is 35.5. The van der Waals surface area contributed by atoms with E-state index in [1.165, 1.54) is 0 Å². The number of aromatic nitrogens is 2. The summed E-state index contributed by atoms with van der Waals surface area (Å²) in [6.45, 7) is 2.04. The zero-order chi connectivity index (χ0) is 19.5. The molecule has 1 fully saturated rings. The zero-order valence-corrected chi connectivity index (χ0v) is 17.4. The topological polar surface area (TPSA) is 72.9 Å². The van der Waals surface area contributed by atoms with Crippen molar-refractivity contribution in [2.24, 2.45) is 5.73 Å². The standard InChI is InChI=1S/C23H26N4O.ClH/c1-16-7-5-6-10-20(16)22-21(15-27(26-22)19-8-3-2-4-9-19)23(28)25-18-13-11-17(24)12-14-18;/h2-10,15,17-18H,11-14,24H2,1H3,(H,25,28);1H. The Morgan fingerprint density at radius 3 is 2.38 bits per heavy atom. The number of hydrogen-bond acceptors (Lipinski definition) is 3. The molecular weight excluding hydrogens is 384 g/mol. The van der Waals surface area contributed by atoms with Gasteiger partial charge >= 0.3 is 0 Å². The van der Waals surface area contributed by atoms with Crippen molar-refractivity contribution in [1.82, 2.24) is 15.1 Å². The highest BCUT2D eigenvalue weighted by Gasteiger charge is 2.24. The van der Waals surface area contributed by atoms with E-state index in [2.05, 4.69) is 5.32 Å². The Kier molecular flexibility index (Phi) is 6.72. The van der Waals surface area contributed by atoms with Crippen LogP contribution in [0.25, 0.3) is 16.9 Å². The number of nitrogens with zero attached hydrogens (tertiary/aromatic N) is 2. The van der Waals surface area contributed by atoms with Crippen molar-refractivity contribution < 1.29 is 4.79 Å². The lowest BCUT2D eigenvalue weighted by Gasteiger charge is -2.26. The number of rotatable bonds is 4. The molecule has 0 unspecified atom stereocenters. The van der Waals surface area contributed by atoms with Crippen molar-refractivity contribution in [3.63, 3.8) is 0 Å². The molecule has 6 heteroatoms. The number of nitrogens with two attached hydrogens (primary N) is 1. The summed E-state index contributed by atoms with van der Waals surface area (Å²) in [4.78, 5) is 13.1. The van der Waals surface area contributed by atoms with Crippen LogP contribution < -0.4 is 11.1 Å². The van der Waals surface area contributed by atoms with Crippen molar-refractivity contribution in [1.29, 1.82) is 0 Å². The smallest absolute Gasteiger partial charge is 0.255 e. The SMILES string of the molecule is Cc1ccccc1-c1nn(-c2ccccc2)cc1C(=O)NC1CCC(N)CC1.Cl. The average molecular weight is 411 g/mol. The molecule has 1 saturated carbocycles. The third-order valence-electron chi connectivity index (χ3n) is 5.49. The van der Waals surface area contributed by atoms with Gasteiger partial charge in [-0.3, -0.25) is 4.79 Å². The second-order valence-corrected chi connectivity index (χ2v) is 7.57. The molecule has 152 valence electrons. The van der Waals surface area contributed by atoms with Crippen LogP contribution in [0.1, 0.15) is 41.6 Å². The first-order valence-electron chi connectivity index (χ1n) is 9.89. The summed E-state index contributed by atoms with van der Waals surface area (Å²) in [6, 6.07) is 18.4. The molecule has 2 aromatic carbocycles. The molecule has 1 aromatic heterocycles. The van der Waals surface area contributed by atoms with Gasteiger partial charge in [-0.2, -0.15) is 5.10 Å². The lowest BCUT2D eigenvalue weighted by Crippen LogP contribution is -2.40. The summed E-state index contributed by atoms with van der Waals surface area (Å²) in [5, 5.41) is 7.98. The summed E-state index contributed by atoms with van der Waals surface area (Å²) < 4.78 is 1.79. The van der Waals surface area contributed by atoms with Gasteiger partial charge in [0.05, 0.1) is 11.3 Å². The Morgan fingerprint density at radius 2 is 1.69 bits per heavy atom. The second kappa shape index (κ2) is 9.25. The van der Waals surface area contributed by atoms with Crippen molar-refractivity contribution in [2.75, 3.05) is 0 Å². The highest BCUT2D eigenvalue weighted by Crippen LogP contribution is 2.27. The molecular formula is C23H27ClN4O. The normalized spacial score (nSPS) is 18.7. The zero-order valence-electron chi connectivity index (χ0n) is 16.5. The highest BCUT2D eigenvalue weighted by molar-refractivity contribution is 6.00. The maximum atomic E-state index is 13.1.